The Balaban J connectivity index is 0.936. The Morgan fingerprint density at radius 3 is 0.917 bits per heavy atom. The third kappa shape index (κ3) is 13.2. The predicted octanol–water partition coefficient (Wildman–Crippen LogP) is 11.1. The molecule has 6 aromatic rings. The van der Waals surface area contributed by atoms with Crippen molar-refractivity contribution in [2.24, 2.45) is 0 Å². The lowest BCUT2D eigenvalue weighted by Crippen LogP contribution is -2.14. The van der Waals surface area contributed by atoms with Crippen LogP contribution in [-0.4, -0.2) is 37.1 Å². The molecule has 0 heterocycles. The average molecular weight is 807 g/mol. The van der Waals surface area contributed by atoms with Crippen LogP contribution in [0.15, 0.2) is 158 Å². The zero-order chi connectivity index (χ0) is 41.8. The summed E-state index contributed by atoms with van der Waals surface area (Å²) in [5, 5.41) is 0. The highest BCUT2D eigenvalue weighted by atomic mass is 16.6. The van der Waals surface area contributed by atoms with Crippen molar-refractivity contribution in [3.63, 3.8) is 0 Å². The fraction of sp³-hybridized carbons (Fsp3) is 0.200. The van der Waals surface area contributed by atoms with Crippen LogP contribution in [0.3, 0.4) is 0 Å². The second-order valence-electron chi connectivity index (χ2n) is 13.8. The molecule has 0 N–H and O–H groups in total. The highest BCUT2D eigenvalue weighted by molar-refractivity contribution is 5.98. The van der Waals surface area contributed by atoms with Crippen LogP contribution in [0.5, 0.6) is 34.5 Å². The molecule has 0 aliphatic carbocycles. The number of hydrogen-bond donors (Lipinski definition) is 0. The Hall–Kier alpha value is -7.20. The number of para-hydroxylation sites is 4. The summed E-state index contributed by atoms with van der Waals surface area (Å²) >= 11 is 0. The predicted molar refractivity (Wildman–Crippen MR) is 226 cm³/mol. The van der Waals surface area contributed by atoms with E-state index < -0.39 is 23.9 Å². The van der Waals surface area contributed by atoms with Gasteiger partial charge in [0, 0.05) is 0 Å². The van der Waals surface area contributed by atoms with Crippen molar-refractivity contribution in [1.82, 2.24) is 0 Å². The highest BCUT2D eigenvalue weighted by Gasteiger charge is 2.21. The van der Waals surface area contributed by atoms with Crippen LogP contribution in [0.2, 0.25) is 0 Å². The van der Waals surface area contributed by atoms with E-state index in [1.807, 2.05) is 24.3 Å². The van der Waals surface area contributed by atoms with E-state index in [9.17, 15) is 19.2 Å². The Bertz CT molecular complexity index is 2130. The van der Waals surface area contributed by atoms with E-state index >= 15 is 0 Å². The Morgan fingerprint density at radius 2 is 0.600 bits per heavy atom. The summed E-state index contributed by atoms with van der Waals surface area (Å²) < 4.78 is 34.2. The van der Waals surface area contributed by atoms with Gasteiger partial charge in [0.05, 0.1) is 24.3 Å². The lowest BCUT2D eigenvalue weighted by molar-refractivity contribution is 0.0716. The number of carbonyl (C=O) groups is 4. The smallest absolute Gasteiger partial charge is 0.347 e. The topological polar surface area (TPSA) is 124 Å². The normalized spacial score (nSPS) is 10.6. The third-order valence-electron chi connectivity index (χ3n) is 9.24. The summed E-state index contributed by atoms with van der Waals surface area (Å²) in [4.78, 5) is 52.1. The summed E-state index contributed by atoms with van der Waals surface area (Å²) in [5.41, 5.74) is 0.915. The quantitative estimate of drug-likeness (QED) is 0.0394. The largest absolute Gasteiger partial charge is 0.493 e. The van der Waals surface area contributed by atoms with Gasteiger partial charge >= 0.3 is 23.9 Å². The fourth-order valence-electron chi connectivity index (χ4n) is 6.11. The Kier molecular flexibility index (Phi) is 16.0. The molecular formula is C50H46O10. The van der Waals surface area contributed by atoms with E-state index in [4.69, 9.17) is 28.4 Å². The van der Waals surface area contributed by atoms with E-state index in [2.05, 4.69) is 0 Å². The maximum atomic E-state index is 13.1. The molecule has 0 fully saturated rings. The zero-order valence-corrected chi connectivity index (χ0v) is 33.2. The van der Waals surface area contributed by atoms with E-state index in [1.165, 1.54) is 36.4 Å². The maximum absolute atomic E-state index is 13.1. The second kappa shape index (κ2) is 22.7. The van der Waals surface area contributed by atoms with Crippen molar-refractivity contribution in [2.45, 2.75) is 51.4 Å². The van der Waals surface area contributed by atoms with Gasteiger partial charge in [-0.05, 0) is 97.8 Å². The second-order valence-corrected chi connectivity index (χ2v) is 13.8. The van der Waals surface area contributed by atoms with Crippen LogP contribution >= 0.6 is 0 Å². The maximum Gasteiger partial charge on any atom is 0.347 e. The van der Waals surface area contributed by atoms with Crippen molar-refractivity contribution in [2.75, 3.05) is 13.2 Å². The fourth-order valence-corrected chi connectivity index (χ4v) is 6.11. The molecule has 0 unspecified atom stereocenters. The Morgan fingerprint density at radius 1 is 0.317 bits per heavy atom. The minimum atomic E-state index is -0.590. The van der Waals surface area contributed by atoms with Gasteiger partial charge in [-0.3, -0.25) is 0 Å². The van der Waals surface area contributed by atoms with E-state index in [0.29, 0.717) is 36.2 Å². The van der Waals surface area contributed by atoms with E-state index in [1.54, 1.807) is 97.1 Å². The minimum absolute atomic E-state index is 0.209. The highest BCUT2D eigenvalue weighted by Crippen LogP contribution is 2.27. The molecular weight excluding hydrogens is 761 g/mol. The summed E-state index contributed by atoms with van der Waals surface area (Å²) in [5.74, 6) is -0.191. The third-order valence-corrected chi connectivity index (χ3v) is 9.24. The number of esters is 4. The van der Waals surface area contributed by atoms with Crippen LogP contribution in [0.1, 0.15) is 92.8 Å². The van der Waals surface area contributed by atoms with Crippen molar-refractivity contribution in [3.05, 3.63) is 180 Å². The average Bonchev–Trinajstić information content (AvgIpc) is 3.28. The number of ether oxygens (including phenoxy) is 6. The van der Waals surface area contributed by atoms with Crippen LogP contribution in [0.4, 0.5) is 0 Å². The lowest BCUT2D eigenvalue weighted by Gasteiger charge is -2.13. The molecule has 0 saturated carbocycles. The van der Waals surface area contributed by atoms with E-state index in [0.717, 1.165) is 51.4 Å². The van der Waals surface area contributed by atoms with Crippen molar-refractivity contribution in [3.8, 4) is 34.5 Å². The Labute approximate surface area is 349 Å². The van der Waals surface area contributed by atoms with Crippen LogP contribution in [-0.2, 0) is 0 Å². The van der Waals surface area contributed by atoms with Crippen molar-refractivity contribution >= 4 is 23.9 Å². The SMILES string of the molecule is O=C(Oc1ccccc1)c1ccc(C(=O)Oc2ccccc2)c(OCCCCCCCCCCOc2cc(C(=O)Oc3ccccc3)ccc2C(=O)Oc2ccccc2)c1. The zero-order valence-electron chi connectivity index (χ0n) is 33.2. The molecule has 10 heteroatoms. The first-order valence-corrected chi connectivity index (χ1v) is 20.1. The molecule has 0 radical (unpaired) electrons. The molecule has 60 heavy (non-hydrogen) atoms. The van der Waals surface area contributed by atoms with Crippen molar-refractivity contribution < 1.29 is 47.6 Å². The summed E-state index contributed by atoms with van der Waals surface area (Å²) in [7, 11) is 0. The van der Waals surface area contributed by atoms with Gasteiger partial charge < -0.3 is 28.4 Å². The summed E-state index contributed by atoms with van der Waals surface area (Å²) in [6.45, 7) is 0.707. The first-order chi connectivity index (χ1) is 29.4. The van der Waals surface area contributed by atoms with Crippen LogP contribution in [0, 0.1) is 0 Å². The number of carbonyl (C=O) groups excluding carboxylic acids is 4. The van der Waals surface area contributed by atoms with Crippen LogP contribution in [0.25, 0.3) is 0 Å². The molecule has 0 aliphatic rings. The molecule has 10 nitrogen and oxygen atoms in total. The minimum Gasteiger partial charge on any atom is -0.493 e. The van der Waals surface area contributed by atoms with E-state index in [-0.39, 0.29) is 33.8 Å². The molecule has 0 aliphatic heterocycles. The summed E-state index contributed by atoms with van der Waals surface area (Å²) in [6.07, 6.45) is 7.45. The first-order valence-electron chi connectivity index (χ1n) is 20.1. The summed E-state index contributed by atoms with van der Waals surface area (Å²) in [6, 6.07) is 44.2. The monoisotopic (exact) mass is 806 g/mol. The first kappa shape index (κ1) is 42.4. The molecule has 0 saturated heterocycles. The number of hydrogen-bond acceptors (Lipinski definition) is 10. The van der Waals surface area contributed by atoms with Gasteiger partial charge in [0.25, 0.3) is 0 Å². The van der Waals surface area contributed by atoms with Gasteiger partial charge in [-0.25, -0.2) is 19.2 Å². The molecule has 0 bridgehead atoms. The molecule has 0 spiro atoms. The number of unbranched alkanes of at least 4 members (excludes halogenated alkanes) is 7. The van der Waals surface area contributed by atoms with Gasteiger partial charge in [-0.15, -0.1) is 0 Å². The van der Waals surface area contributed by atoms with Gasteiger partial charge in [0.1, 0.15) is 45.6 Å². The van der Waals surface area contributed by atoms with Gasteiger partial charge in [0.15, 0.2) is 0 Å². The standard InChI is InChI=1S/C50H46O10/c51-47(57-39-21-11-7-12-22-39)37-29-31-43(49(53)59-41-25-15-9-16-26-41)45(35-37)55-33-19-5-3-1-2-4-6-20-34-56-46-36-38(48(52)58-40-23-13-8-14-24-40)30-32-44(46)50(54)60-42-27-17-10-18-28-42/h7-18,21-32,35-36H,1-6,19-20,33-34H2. The molecule has 306 valence electrons. The van der Waals surface area contributed by atoms with Crippen LogP contribution < -0.4 is 28.4 Å². The van der Waals surface area contributed by atoms with Gasteiger partial charge in [0.2, 0.25) is 0 Å². The number of rotatable bonds is 21. The molecule has 6 rings (SSSR count). The molecule has 6 aromatic carbocycles. The van der Waals surface area contributed by atoms with Gasteiger partial charge in [-0.1, -0.05) is 111 Å². The lowest BCUT2D eigenvalue weighted by atomic mass is 10.1. The molecule has 0 atom stereocenters. The molecule has 0 amide bonds. The van der Waals surface area contributed by atoms with Gasteiger partial charge in [-0.2, -0.15) is 0 Å². The molecule has 0 aromatic heterocycles. The number of benzene rings is 6. The van der Waals surface area contributed by atoms with Crippen molar-refractivity contribution in [1.29, 1.82) is 0 Å².